The molecule has 3 rings (SSSR count). The predicted molar refractivity (Wildman–Crippen MR) is 76.3 cm³/mol. The first-order chi connectivity index (χ1) is 9.22. The normalized spacial score (nSPS) is 10.6. The van der Waals surface area contributed by atoms with Crippen LogP contribution in [0.25, 0.3) is 16.6 Å². The number of benzene rings is 1. The van der Waals surface area contributed by atoms with Crippen molar-refractivity contribution in [2.75, 3.05) is 0 Å². The van der Waals surface area contributed by atoms with E-state index >= 15 is 0 Å². The van der Waals surface area contributed by atoms with E-state index in [1.54, 1.807) is 18.6 Å². The molecule has 0 N–H and O–H groups in total. The Morgan fingerprint density at radius 1 is 1.16 bits per heavy atom. The number of fused-ring (bicyclic) bond motifs is 1. The first-order valence-corrected chi connectivity index (χ1v) is 6.07. The van der Waals surface area contributed by atoms with Crippen LogP contribution >= 0.6 is 0 Å². The Balaban J connectivity index is 2.33. The van der Waals surface area contributed by atoms with Crippen molar-refractivity contribution in [3.05, 3.63) is 53.5 Å². The van der Waals surface area contributed by atoms with Gasteiger partial charge in [0.15, 0.2) is 0 Å². The second-order valence-corrected chi connectivity index (χ2v) is 4.54. The number of hydrogen-bond acceptors (Lipinski definition) is 2. The fraction of sp³-hybridized carbons (Fsp3) is 0.125. The number of pyridine rings is 1. The second kappa shape index (κ2) is 4.25. The highest BCUT2D eigenvalue weighted by Crippen LogP contribution is 2.23. The third kappa shape index (κ3) is 1.69. The first-order valence-electron chi connectivity index (χ1n) is 6.07. The Bertz CT molecular complexity index is 806. The van der Waals surface area contributed by atoms with E-state index < -0.39 is 0 Å². The molecule has 0 bridgehead atoms. The molecule has 0 unspecified atom stereocenters. The molecule has 0 aliphatic heterocycles. The Morgan fingerprint density at radius 3 is 2.79 bits per heavy atom. The maximum atomic E-state index is 5.49. The highest BCUT2D eigenvalue weighted by Gasteiger charge is 2.10. The minimum absolute atomic E-state index is 0.772. The largest absolute Gasteiger partial charge is 0.261 e. The number of hydrogen-bond donors (Lipinski definition) is 0. The lowest BCUT2D eigenvalue weighted by molar-refractivity contribution is 0.897. The summed E-state index contributed by atoms with van der Waals surface area (Å²) in [6, 6.07) is 6.18. The van der Waals surface area contributed by atoms with Crippen LogP contribution in [0.2, 0.25) is 0 Å². The van der Waals surface area contributed by atoms with Gasteiger partial charge in [-0.25, -0.2) is 4.68 Å². The molecule has 0 aliphatic carbocycles. The molecule has 2 aromatic heterocycles. The van der Waals surface area contributed by atoms with Gasteiger partial charge in [0.1, 0.15) is 0 Å². The van der Waals surface area contributed by atoms with Crippen molar-refractivity contribution in [2.45, 2.75) is 13.8 Å². The van der Waals surface area contributed by atoms with Crippen LogP contribution in [0.3, 0.4) is 0 Å². The molecule has 0 atom stereocenters. The van der Waals surface area contributed by atoms with E-state index in [1.165, 1.54) is 11.1 Å². The maximum absolute atomic E-state index is 5.49. The van der Waals surface area contributed by atoms with Crippen LogP contribution in [0.4, 0.5) is 0 Å². The summed E-state index contributed by atoms with van der Waals surface area (Å²) in [6.45, 7) is 4.19. The number of aryl methyl sites for hydroxylation is 1. The van der Waals surface area contributed by atoms with E-state index in [9.17, 15) is 0 Å². The third-order valence-electron chi connectivity index (χ3n) is 3.46. The summed E-state index contributed by atoms with van der Waals surface area (Å²) in [5, 5.41) is 5.41. The molecular formula is C16H13N3. The summed E-state index contributed by atoms with van der Waals surface area (Å²) < 4.78 is 1.89. The summed E-state index contributed by atoms with van der Waals surface area (Å²) in [4.78, 5) is 4.19. The number of rotatable bonds is 1. The first kappa shape index (κ1) is 11.5. The Kier molecular flexibility index (Phi) is 2.57. The molecule has 3 heteroatoms. The van der Waals surface area contributed by atoms with Crippen molar-refractivity contribution < 1.29 is 0 Å². The monoisotopic (exact) mass is 247 g/mol. The topological polar surface area (TPSA) is 30.7 Å². The zero-order chi connectivity index (χ0) is 13.4. The van der Waals surface area contributed by atoms with Gasteiger partial charge in [-0.1, -0.05) is 18.1 Å². The summed E-state index contributed by atoms with van der Waals surface area (Å²) in [5.74, 6) is 2.64. The van der Waals surface area contributed by atoms with Crippen molar-refractivity contribution in [1.82, 2.24) is 14.8 Å². The Morgan fingerprint density at radius 2 is 2.00 bits per heavy atom. The Hall–Kier alpha value is -2.60. The van der Waals surface area contributed by atoms with Crippen LogP contribution in [0.1, 0.15) is 16.7 Å². The van der Waals surface area contributed by atoms with Gasteiger partial charge >= 0.3 is 0 Å². The minimum Gasteiger partial charge on any atom is -0.261 e. The predicted octanol–water partition coefficient (Wildman–Crippen LogP) is 3.02. The van der Waals surface area contributed by atoms with Gasteiger partial charge in [-0.3, -0.25) is 4.98 Å². The van der Waals surface area contributed by atoms with E-state index in [-0.39, 0.29) is 0 Å². The molecule has 0 saturated heterocycles. The molecule has 3 aromatic rings. The second-order valence-electron chi connectivity index (χ2n) is 4.54. The SMILES string of the molecule is C#Cc1cncc2c1cnn2-c1cccc(C)c1C. The zero-order valence-electron chi connectivity index (χ0n) is 10.9. The highest BCUT2D eigenvalue weighted by atomic mass is 15.3. The van der Waals surface area contributed by atoms with Gasteiger partial charge in [-0.15, -0.1) is 6.42 Å². The summed E-state index contributed by atoms with van der Waals surface area (Å²) in [7, 11) is 0. The van der Waals surface area contributed by atoms with Gasteiger partial charge in [-0.2, -0.15) is 5.10 Å². The molecule has 0 fully saturated rings. The molecule has 3 nitrogen and oxygen atoms in total. The van der Waals surface area contributed by atoms with E-state index in [1.807, 2.05) is 10.7 Å². The zero-order valence-corrected chi connectivity index (χ0v) is 10.9. The smallest absolute Gasteiger partial charge is 0.0936 e. The van der Waals surface area contributed by atoms with E-state index in [2.05, 4.69) is 42.0 Å². The van der Waals surface area contributed by atoms with Crippen molar-refractivity contribution in [3.63, 3.8) is 0 Å². The molecule has 0 spiro atoms. The highest BCUT2D eigenvalue weighted by molar-refractivity contribution is 5.85. The Labute approximate surface area is 111 Å². The lowest BCUT2D eigenvalue weighted by Gasteiger charge is -2.09. The van der Waals surface area contributed by atoms with Crippen LogP contribution in [-0.4, -0.2) is 14.8 Å². The molecule has 0 radical (unpaired) electrons. The molecule has 1 aromatic carbocycles. The standard InChI is InChI=1S/C16H13N3/c1-4-13-8-17-10-16-14(13)9-18-19(16)15-7-5-6-11(2)12(15)3/h1,5-10H,2-3H3. The fourth-order valence-electron chi connectivity index (χ4n) is 2.21. The van der Waals surface area contributed by atoms with Crippen LogP contribution in [0.5, 0.6) is 0 Å². The van der Waals surface area contributed by atoms with Gasteiger partial charge < -0.3 is 0 Å². The van der Waals surface area contributed by atoms with E-state index in [0.29, 0.717) is 0 Å². The lowest BCUT2D eigenvalue weighted by Crippen LogP contribution is -2.00. The summed E-state index contributed by atoms with van der Waals surface area (Å²) in [5.41, 5.74) is 5.21. The van der Waals surface area contributed by atoms with Gasteiger partial charge in [0.05, 0.1) is 29.2 Å². The van der Waals surface area contributed by atoms with Crippen LogP contribution < -0.4 is 0 Å². The third-order valence-corrected chi connectivity index (χ3v) is 3.46. The molecular weight excluding hydrogens is 234 g/mol. The van der Waals surface area contributed by atoms with Gasteiger partial charge in [0.25, 0.3) is 0 Å². The molecule has 0 amide bonds. The molecule has 92 valence electrons. The van der Waals surface area contributed by atoms with Gasteiger partial charge in [0.2, 0.25) is 0 Å². The van der Waals surface area contributed by atoms with Gasteiger partial charge in [0, 0.05) is 11.6 Å². The molecule has 19 heavy (non-hydrogen) atoms. The number of terminal acetylenes is 1. The number of aromatic nitrogens is 3. The number of nitrogens with zero attached hydrogens (tertiary/aromatic N) is 3. The molecule has 0 aliphatic rings. The van der Waals surface area contributed by atoms with Crippen LogP contribution in [-0.2, 0) is 0 Å². The fourth-order valence-corrected chi connectivity index (χ4v) is 2.21. The van der Waals surface area contributed by atoms with Crippen LogP contribution in [0.15, 0.2) is 36.8 Å². The van der Waals surface area contributed by atoms with Crippen molar-refractivity contribution in [3.8, 4) is 18.0 Å². The van der Waals surface area contributed by atoms with Crippen LogP contribution in [0, 0.1) is 26.2 Å². The summed E-state index contributed by atoms with van der Waals surface area (Å²) in [6.07, 6.45) is 10.8. The summed E-state index contributed by atoms with van der Waals surface area (Å²) >= 11 is 0. The average Bonchev–Trinajstić information content (AvgIpc) is 2.85. The lowest BCUT2D eigenvalue weighted by atomic mass is 10.1. The molecule has 0 saturated carbocycles. The average molecular weight is 247 g/mol. The quantitative estimate of drug-likeness (QED) is 0.619. The van der Waals surface area contributed by atoms with Gasteiger partial charge in [-0.05, 0) is 31.0 Å². The van der Waals surface area contributed by atoms with Crippen molar-refractivity contribution >= 4 is 10.9 Å². The van der Waals surface area contributed by atoms with E-state index in [4.69, 9.17) is 6.42 Å². The van der Waals surface area contributed by atoms with Crippen molar-refractivity contribution in [2.24, 2.45) is 0 Å². The van der Waals surface area contributed by atoms with E-state index in [0.717, 1.165) is 22.2 Å². The van der Waals surface area contributed by atoms with Crippen molar-refractivity contribution in [1.29, 1.82) is 0 Å². The molecule has 2 heterocycles. The maximum Gasteiger partial charge on any atom is 0.0936 e. The minimum atomic E-state index is 0.772.